The predicted octanol–water partition coefficient (Wildman–Crippen LogP) is -0.429. The van der Waals surface area contributed by atoms with Crippen LogP contribution in [0.3, 0.4) is 0 Å². The second-order valence-corrected chi connectivity index (χ2v) is 5.19. The number of rotatable bonds is 7. The molecule has 1 aliphatic heterocycles. The summed E-state index contributed by atoms with van der Waals surface area (Å²) in [6.07, 6.45) is 2.76. The molecule has 7 N–H and O–H groups in total. The first-order chi connectivity index (χ1) is 11.8. The standard InChI is InChI=1S/C15H18N4O6/c1-3-5-17-11(21)8-7-9(12(22)19-10(7)20)25-15(8,14(23)24)13(16)18-6-4-2/h3-4,8,19-20,22H,1-2,5-6H2,(H2,16,18)(H,17,21)(H,23,24). The molecule has 134 valence electrons. The van der Waals surface area contributed by atoms with Crippen LogP contribution < -0.4 is 15.8 Å². The molecule has 10 nitrogen and oxygen atoms in total. The number of amides is 1. The van der Waals surface area contributed by atoms with Crippen LogP contribution in [0.1, 0.15) is 11.5 Å². The molecule has 2 atom stereocenters. The van der Waals surface area contributed by atoms with Crippen LogP contribution in [0.25, 0.3) is 0 Å². The molecular weight excluding hydrogens is 332 g/mol. The number of aliphatic carboxylic acids is 1. The first-order valence-electron chi connectivity index (χ1n) is 7.17. The molecule has 2 unspecified atom stereocenters. The molecule has 2 heterocycles. The van der Waals surface area contributed by atoms with Gasteiger partial charge in [-0.15, -0.1) is 13.2 Å². The Morgan fingerprint density at radius 3 is 2.60 bits per heavy atom. The van der Waals surface area contributed by atoms with Crippen molar-refractivity contribution in [3.05, 3.63) is 30.9 Å². The van der Waals surface area contributed by atoms with Crippen molar-refractivity contribution in [2.75, 3.05) is 13.1 Å². The topological polar surface area (TPSA) is 170 Å². The van der Waals surface area contributed by atoms with Gasteiger partial charge < -0.3 is 31.1 Å². The van der Waals surface area contributed by atoms with Gasteiger partial charge in [-0.1, -0.05) is 12.2 Å². The van der Waals surface area contributed by atoms with Crippen molar-refractivity contribution in [1.82, 2.24) is 10.3 Å². The Morgan fingerprint density at radius 1 is 1.36 bits per heavy atom. The van der Waals surface area contributed by atoms with Gasteiger partial charge >= 0.3 is 5.97 Å². The molecule has 25 heavy (non-hydrogen) atoms. The van der Waals surface area contributed by atoms with Gasteiger partial charge in [0.15, 0.2) is 17.5 Å². The number of carbonyl (C=O) groups excluding carboxylic acids is 1. The maximum atomic E-state index is 12.6. The maximum Gasteiger partial charge on any atom is 0.357 e. The van der Waals surface area contributed by atoms with E-state index in [1.54, 1.807) is 0 Å². The van der Waals surface area contributed by atoms with E-state index in [-0.39, 0.29) is 24.4 Å². The largest absolute Gasteiger partial charge is 0.494 e. The number of aromatic amines is 1. The average molecular weight is 350 g/mol. The van der Waals surface area contributed by atoms with Crippen molar-refractivity contribution >= 4 is 17.7 Å². The van der Waals surface area contributed by atoms with E-state index in [1.165, 1.54) is 12.2 Å². The number of H-pyrrole nitrogens is 1. The van der Waals surface area contributed by atoms with Crippen molar-refractivity contribution in [2.45, 2.75) is 11.5 Å². The highest BCUT2D eigenvalue weighted by molar-refractivity contribution is 6.15. The Bertz CT molecular complexity index is 768. The highest BCUT2D eigenvalue weighted by Gasteiger charge is 2.63. The van der Waals surface area contributed by atoms with Gasteiger partial charge in [0.1, 0.15) is 5.92 Å². The fraction of sp³-hybridized carbons (Fsp3) is 0.267. The number of carboxylic acids is 1. The molecule has 0 radical (unpaired) electrons. The molecule has 1 aromatic rings. The fourth-order valence-electron chi connectivity index (χ4n) is 2.61. The van der Waals surface area contributed by atoms with E-state index in [0.29, 0.717) is 0 Å². The number of hydrogen-bond donors (Lipinski definition) is 6. The molecule has 1 aromatic heterocycles. The lowest BCUT2D eigenvalue weighted by Gasteiger charge is -2.29. The van der Waals surface area contributed by atoms with Crippen molar-refractivity contribution in [3.63, 3.8) is 0 Å². The summed E-state index contributed by atoms with van der Waals surface area (Å²) in [5.41, 5.74) is 3.17. The number of fused-ring (bicyclic) bond motifs is 1. The first-order valence-corrected chi connectivity index (χ1v) is 7.17. The molecule has 0 saturated carbocycles. The number of aromatic hydroxyl groups is 2. The van der Waals surface area contributed by atoms with E-state index in [4.69, 9.17) is 10.5 Å². The van der Waals surface area contributed by atoms with E-state index < -0.39 is 41.0 Å². The number of aliphatic imine (C=N–C) groups is 1. The number of nitrogens with two attached hydrogens (primary N) is 1. The number of carbonyl (C=O) groups is 2. The molecule has 1 aliphatic rings. The highest BCUT2D eigenvalue weighted by atomic mass is 16.5. The van der Waals surface area contributed by atoms with Crippen LogP contribution in [0.5, 0.6) is 17.5 Å². The molecule has 0 aromatic carbocycles. The maximum absolute atomic E-state index is 12.6. The number of amidine groups is 1. The minimum absolute atomic E-state index is 0.0144. The van der Waals surface area contributed by atoms with E-state index >= 15 is 0 Å². The van der Waals surface area contributed by atoms with Crippen molar-refractivity contribution in [3.8, 4) is 17.5 Å². The van der Waals surface area contributed by atoms with Gasteiger partial charge in [0.25, 0.3) is 5.60 Å². The van der Waals surface area contributed by atoms with Gasteiger partial charge in [0.2, 0.25) is 11.8 Å². The molecular formula is C15H18N4O6. The second kappa shape index (κ2) is 6.59. The van der Waals surface area contributed by atoms with Crippen LogP contribution in [-0.4, -0.2) is 56.7 Å². The second-order valence-electron chi connectivity index (χ2n) is 5.19. The minimum Gasteiger partial charge on any atom is -0.494 e. The molecule has 2 rings (SSSR count). The normalized spacial score (nSPS) is 21.9. The average Bonchev–Trinajstić information content (AvgIpc) is 3.06. The van der Waals surface area contributed by atoms with E-state index in [9.17, 15) is 24.9 Å². The van der Waals surface area contributed by atoms with Gasteiger partial charge in [-0.05, 0) is 0 Å². The number of hydrogen-bond acceptors (Lipinski definition) is 6. The van der Waals surface area contributed by atoms with Crippen molar-refractivity contribution < 1.29 is 29.6 Å². The number of carboxylic acid groups (broad SMARTS) is 1. The SMILES string of the molecule is C=CCN=C(N)C1(C(=O)O)Oc2c(O)[nH]c(O)c2C1C(=O)NCC=C. The van der Waals surface area contributed by atoms with E-state index in [2.05, 4.69) is 28.5 Å². The van der Waals surface area contributed by atoms with Crippen LogP contribution in [-0.2, 0) is 9.59 Å². The molecule has 0 spiro atoms. The highest BCUT2D eigenvalue weighted by Crippen LogP contribution is 2.53. The Kier molecular flexibility index (Phi) is 4.72. The third kappa shape index (κ3) is 2.67. The summed E-state index contributed by atoms with van der Waals surface area (Å²) >= 11 is 0. The summed E-state index contributed by atoms with van der Waals surface area (Å²) < 4.78 is 5.36. The summed E-state index contributed by atoms with van der Waals surface area (Å²) in [6.45, 7) is 6.94. The number of nitrogens with one attached hydrogen (secondary N) is 2. The van der Waals surface area contributed by atoms with Gasteiger partial charge in [0.05, 0.1) is 12.1 Å². The lowest BCUT2D eigenvalue weighted by Crippen LogP contribution is -2.60. The number of nitrogens with zero attached hydrogens (tertiary/aromatic N) is 1. The zero-order valence-corrected chi connectivity index (χ0v) is 13.2. The van der Waals surface area contributed by atoms with Crippen LogP contribution >= 0.6 is 0 Å². The summed E-state index contributed by atoms with van der Waals surface area (Å²) in [5, 5.41) is 32.0. The number of ether oxygens (including phenoxy) is 1. The lowest BCUT2D eigenvalue weighted by atomic mass is 9.82. The van der Waals surface area contributed by atoms with Crippen LogP contribution in [0.15, 0.2) is 30.3 Å². The Balaban J connectivity index is 2.66. The van der Waals surface area contributed by atoms with Crippen molar-refractivity contribution in [2.24, 2.45) is 10.7 Å². The summed E-state index contributed by atoms with van der Waals surface area (Å²) in [4.78, 5) is 30.6. The van der Waals surface area contributed by atoms with E-state index in [0.717, 1.165) is 0 Å². The molecule has 1 amide bonds. The predicted molar refractivity (Wildman–Crippen MR) is 87.8 cm³/mol. The Hall–Kier alpha value is -3.43. The minimum atomic E-state index is -2.43. The monoisotopic (exact) mass is 350 g/mol. The van der Waals surface area contributed by atoms with E-state index in [1.807, 2.05) is 0 Å². The van der Waals surface area contributed by atoms with Crippen LogP contribution in [0.2, 0.25) is 0 Å². The lowest BCUT2D eigenvalue weighted by molar-refractivity contribution is -0.152. The molecule has 0 bridgehead atoms. The molecule has 0 fully saturated rings. The summed E-state index contributed by atoms with van der Waals surface area (Å²) in [5.74, 6) is -6.12. The van der Waals surface area contributed by atoms with Crippen molar-refractivity contribution in [1.29, 1.82) is 0 Å². The van der Waals surface area contributed by atoms with Crippen LogP contribution in [0, 0.1) is 0 Å². The first kappa shape index (κ1) is 17.9. The summed E-state index contributed by atoms with van der Waals surface area (Å²) in [6, 6.07) is 0. The van der Waals surface area contributed by atoms with Gasteiger partial charge in [-0.3, -0.25) is 14.8 Å². The van der Waals surface area contributed by atoms with Gasteiger partial charge in [-0.25, -0.2) is 4.79 Å². The fourth-order valence-corrected chi connectivity index (χ4v) is 2.61. The Labute approximate surface area is 142 Å². The molecule has 0 saturated heterocycles. The van der Waals surface area contributed by atoms with Gasteiger partial charge in [-0.2, -0.15) is 0 Å². The molecule has 10 heteroatoms. The third-order valence-electron chi connectivity index (χ3n) is 3.68. The summed E-state index contributed by atoms with van der Waals surface area (Å²) in [7, 11) is 0. The van der Waals surface area contributed by atoms with Crippen LogP contribution in [0.4, 0.5) is 0 Å². The smallest absolute Gasteiger partial charge is 0.357 e. The number of aromatic nitrogens is 1. The zero-order valence-electron chi connectivity index (χ0n) is 13.2. The third-order valence-corrected chi connectivity index (χ3v) is 3.68. The Morgan fingerprint density at radius 2 is 2.04 bits per heavy atom. The quantitative estimate of drug-likeness (QED) is 0.220. The van der Waals surface area contributed by atoms with Gasteiger partial charge in [0, 0.05) is 6.54 Å². The zero-order chi connectivity index (χ0) is 18.8. The molecule has 0 aliphatic carbocycles.